The molecule has 1 heterocycles. The average molecular weight is 270 g/mol. The quantitative estimate of drug-likeness (QED) is 0.169. The van der Waals surface area contributed by atoms with Crippen LogP contribution >= 0.6 is 0 Å². The van der Waals surface area contributed by atoms with Crippen molar-refractivity contribution in [2.75, 3.05) is 19.8 Å². The SMILES string of the molecule is C=C(C)C(=O)OCCOOCCC1CCCC2OC12. The summed E-state index contributed by atoms with van der Waals surface area (Å²) in [5.74, 6) is 0.214. The molecule has 19 heavy (non-hydrogen) atoms. The monoisotopic (exact) mass is 270 g/mol. The Morgan fingerprint density at radius 3 is 2.84 bits per heavy atom. The van der Waals surface area contributed by atoms with Crippen LogP contribution in [0.3, 0.4) is 0 Å². The molecular formula is C14H22O5. The molecule has 0 spiro atoms. The molecule has 1 saturated carbocycles. The number of carbonyl (C=O) groups is 1. The van der Waals surface area contributed by atoms with Gasteiger partial charge in [0.05, 0.1) is 18.8 Å². The Kier molecular flexibility index (Phi) is 5.36. The Morgan fingerprint density at radius 1 is 1.26 bits per heavy atom. The summed E-state index contributed by atoms with van der Waals surface area (Å²) in [6, 6.07) is 0. The molecule has 1 aliphatic carbocycles. The Labute approximate surface area is 113 Å². The van der Waals surface area contributed by atoms with Crippen molar-refractivity contribution in [2.45, 2.75) is 44.8 Å². The maximum atomic E-state index is 11.0. The van der Waals surface area contributed by atoms with E-state index in [0.29, 0.717) is 30.3 Å². The zero-order valence-electron chi connectivity index (χ0n) is 11.4. The maximum Gasteiger partial charge on any atom is 0.333 e. The second-order valence-electron chi connectivity index (χ2n) is 5.18. The summed E-state index contributed by atoms with van der Waals surface area (Å²) in [5.41, 5.74) is 0.386. The standard InChI is InChI=1S/C14H22O5/c1-10(2)14(15)16-8-9-18-17-7-6-11-4-3-5-12-13(11)19-12/h11-13H,1,3-9H2,2H3. The van der Waals surface area contributed by atoms with Crippen LogP contribution in [0.2, 0.25) is 0 Å². The first kappa shape index (κ1) is 14.5. The van der Waals surface area contributed by atoms with Crippen molar-refractivity contribution in [1.82, 2.24) is 0 Å². The minimum atomic E-state index is -0.400. The molecule has 3 unspecified atom stereocenters. The zero-order chi connectivity index (χ0) is 13.7. The fourth-order valence-corrected chi connectivity index (χ4v) is 2.47. The Morgan fingerprint density at radius 2 is 2.05 bits per heavy atom. The lowest BCUT2D eigenvalue weighted by atomic mass is 9.87. The molecule has 108 valence electrons. The topological polar surface area (TPSA) is 57.3 Å². The second-order valence-corrected chi connectivity index (χ2v) is 5.18. The summed E-state index contributed by atoms with van der Waals surface area (Å²) in [4.78, 5) is 21.1. The number of hydrogen-bond donors (Lipinski definition) is 0. The molecule has 0 N–H and O–H groups in total. The average Bonchev–Trinajstić information content (AvgIpc) is 3.17. The molecule has 2 aliphatic rings. The normalized spacial score (nSPS) is 28.6. The summed E-state index contributed by atoms with van der Waals surface area (Å²) in [7, 11) is 0. The lowest BCUT2D eigenvalue weighted by Crippen LogP contribution is -2.18. The highest BCUT2D eigenvalue weighted by molar-refractivity contribution is 5.86. The zero-order valence-corrected chi connectivity index (χ0v) is 11.4. The van der Waals surface area contributed by atoms with Crippen molar-refractivity contribution in [3.8, 4) is 0 Å². The van der Waals surface area contributed by atoms with Gasteiger partial charge in [-0.2, -0.15) is 0 Å². The third-order valence-corrected chi connectivity index (χ3v) is 3.55. The first-order valence-electron chi connectivity index (χ1n) is 6.91. The lowest BCUT2D eigenvalue weighted by molar-refractivity contribution is -0.299. The van der Waals surface area contributed by atoms with E-state index in [1.54, 1.807) is 6.92 Å². The molecule has 0 bridgehead atoms. The van der Waals surface area contributed by atoms with Crippen LogP contribution in [0.4, 0.5) is 0 Å². The highest BCUT2D eigenvalue weighted by Crippen LogP contribution is 2.41. The Hall–Kier alpha value is -0.910. The van der Waals surface area contributed by atoms with E-state index >= 15 is 0 Å². The third-order valence-electron chi connectivity index (χ3n) is 3.55. The van der Waals surface area contributed by atoms with Crippen molar-refractivity contribution in [3.63, 3.8) is 0 Å². The Bertz CT molecular complexity index is 328. The predicted octanol–water partition coefficient (Wildman–Crippen LogP) is 2.01. The molecule has 0 aromatic rings. The summed E-state index contributed by atoms with van der Waals surface area (Å²) in [5, 5.41) is 0. The molecule has 1 aliphatic heterocycles. The van der Waals surface area contributed by atoms with Gasteiger partial charge in [0, 0.05) is 5.57 Å². The summed E-state index contributed by atoms with van der Waals surface area (Å²) in [6.45, 7) is 6.08. The van der Waals surface area contributed by atoms with Crippen LogP contribution in [0.5, 0.6) is 0 Å². The molecule has 3 atom stereocenters. The fraction of sp³-hybridized carbons (Fsp3) is 0.786. The van der Waals surface area contributed by atoms with Gasteiger partial charge in [-0.15, -0.1) is 0 Å². The molecule has 0 radical (unpaired) electrons. The number of fused-ring (bicyclic) bond motifs is 1. The third kappa shape index (κ3) is 4.60. The van der Waals surface area contributed by atoms with E-state index in [2.05, 4.69) is 6.58 Å². The first-order valence-corrected chi connectivity index (χ1v) is 6.91. The van der Waals surface area contributed by atoms with E-state index in [9.17, 15) is 4.79 Å². The van der Waals surface area contributed by atoms with E-state index in [0.717, 1.165) is 6.42 Å². The van der Waals surface area contributed by atoms with Crippen molar-refractivity contribution >= 4 is 5.97 Å². The van der Waals surface area contributed by atoms with Gasteiger partial charge in [0.2, 0.25) is 0 Å². The second kappa shape index (κ2) is 7.03. The van der Waals surface area contributed by atoms with Crippen molar-refractivity contribution in [2.24, 2.45) is 5.92 Å². The number of epoxide rings is 1. The van der Waals surface area contributed by atoms with Crippen molar-refractivity contribution in [1.29, 1.82) is 0 Å². The van der Waals surface area contributed by atoms with E-state index in [-0.39, 0.29) is 13.2 Å². The van der Waals surface area contributed by atoms with Crippen LogP contribution in [0.1, 0.15) is 32.6 Å². The van der Waals surface area contributed by atoms with Crippen LogP contribution in [-0.2, 0) is 24.0 Å². The molecule has 0 aromatic heterocycles. The number of rotatable bonds is 8. The molecule has 2 rings (SSSR count). The highest BCUT2D eigenvalue weighted by atomic mass is 17.2. The van der Waals surface area contributed by atoms with Gasteiger partial charge < -0.3 is 9.47 Å². The van der Waals surface area contributed by atoms with Gasteiger partial charge in [0.25, 0.3) is 0 Å². The molecule has 1 saturated heterocycles. The summed E-state index contributed by atoms with van der Waals surface area (Å²) in [6.07, 6.45) is 5.64. The van der Waals surface area contributed by atoms with Crippen molar-refractivity contribution in [3.05, 3.63) is 12.2 Å². The lowest BCUT2D eigenvalue weighted by Gasteiger charge is -2.17. The summed E-state index contributed by atoms with van der Waals surface area (Å²) >= 11 is 0. The molecule has 0 aromatic carbocycles. The molecule has 0 amide bonds. The smallest absolute Gasteiger partial charge is 0.333 e. The number of esters is 1. The first-order chi connectivity index (χ1) is 9.18. The molecular weight excluding hydrogens is 248 g/mol. The van der Waals surface area contributed by atoms with Gasteiger partial charge in [-0.3, -0.25) is 0 Å². The van der Waals surface area contributed by atoms with E-state index in [4.69, 9.17) is 19.2 Å². The minimum Gasteiger partial charge on any atom is -0.460 e. The van der Waals surface area contributed by atoms with Crippen LogP contribution in [0.25, 0.3) is 0 Å². The van der Waals surface area contributed by atoms with Gasteiger partial charge in [-0.05, 0) is 32.1 Å². The Balaban J connectivity index is 1.42. The largest absolute Gasteiger partial charge is 0.460 e. The van der Waals surface area contributed by atoms with Gasteiger partial charge in [-0.25, -0.2) is 14.6 Å². The fourth-order valence-electron chi connectivity index (χ4n) is 2.47. The maximum absolute atomic E-state index is 11.0. The van der Waals surface area contributed by atoms with Crippen LogP contribution in [0, 0.1) is 5.92 Å². The van der Waals surface area contributed by atoms with Crippen LogP contribution in [-0.4, -0.2) is 38.0 Å². The van der Waals surface area contributed by atoms with Gasteiger partial charge in [-0.1, -0.05) is 13.0 Å². The van der Waals surface area contributed by atoms with Gasteiger partial charge >= 0.3 is 5.97 Å². The van der Waals surface area contributed by atoms with E-state index in [1.165, 1.54) is 19.3 Å². The molecule has 2 fully saturated rings. The predicted molar refractivity (Wildman–Crippen MR) is 68.3 cm³/mol. The molecule has 5 heteroatoms. The van der Waals surface area contributed by atoms with Crippen LogP contribution in [0.15, 0.2) is 12.2 Å². The summed E-state index contributed by atoms with van der Waals surface area (Å²) < 4.78 is 10.4. The van der Waals surface area contributed by atoms with Gasteiger partial charge in [0.1, 0.15) is 13.2 Å². The van der Waals surface area contributed by atoms with Crippen LogP contribution < -0.4 is 0 Å². The number of ether oxygens (including phenoxy) is 2. The molecule has 5 nitrogen and oxygen atoms in total. The van der Waals surface area contributed by atoms with Gasteiger partial charge in [0.15, 0.2) is 0 Å². The number of carbonyl (C=O) groups excluding carboxylic acids is 1. The van der Waals surface area contributed by atoms with E-state index < -0.39 is 5.97 Å². The van der Waals surface area contributed by atoms with E-state index in [1.807, 2.05) is 0 Å². The highest BCUT2D eigenvalue weighted by Gasteiger charge is 2.46. The van der Waals surface area contributed by atoms with Crippen molar-refractivity contribution < 1.29 is 24.0 Å². The number of hydrogen-bond acceptors (Lipinski definition) is 5. The minimum absolute atomic E-state index is 0.183.